The van der Waals surface area contributed by atoms with Gasteiger partial charge in [-0.15, -0.1) is 0 Å². The maximum Gasteiger partial charge on any atom is 0.147 e. The van der Waals surface area contributed by atoms with Crippen LogP contribution in [0.3, 0.4) is 0 Å². The summed E-state index contributed by atoms with van der Waals surface area (Å²) in [7, 11) is 1.99. The molecule has 21 heavy (non-hydrogen) atoms. The number of furan rings is 1. The molecule has 0 radical (unpaired) electrons. The molecule has 0 aliphatic rings. The molecule has 2 aromatic heterocycles. The molecule has 1 N–H and O–H groups in total. The van der Waals surface area contributed by atoms with Gasteiger partial charge in [0, 0.05) is 25.3 Å². The molecule has 0 spiro atoms. The van der Waals surface area contributed by atoms with E-state index in [1.165, 1.54) is 0 Å². The largest absolute Gasteiger partial charge is 0.464 e. The van der Waals surface area contributed by atoms with Crippen LogP contribution in [-0.2, 0) is 13.1 Å². The van der Waals surface area contributed by atoms with E-state index < -0.39 is 0 Å². The number of hydrogen-bond donors (Lipinski definition) is 1. The van der Waals surface area contributed by atoms with Gasteiger partial charge in [0.2, 0.25) is 0 Å². The lowest BCUT2D eigenvalue weighted by atomic mass is 10.1. The van der Waals surface area contributed by atoms with Crippen LogP contribution in [0.1, 0.15) is 38.0 Å². The van der Waals surface area contributed by atoms with Crippen LogP contribution in [0.4, 0.5) is 5.82 Å². The Balaban J connectivity index is 2.02. The molecule has 114 valence electrons. The van der Waals surface area contributed by atoms with E-state index in [1.807, 2.05) is 31.0 Å². The predicted molar refractivity (Wildman–Crippen MR) is 84.2 cm³/mol. The van der Waals surface area contributed by atoms with Crippen molar-refractivity contribution in [1.82, 2.24) is 15.3 Å². The number of anilines is 1. The molecule has 2 aromatic rings. The van der Waals surface area contributed by atoms with Crippen LogP contribution in [-0.4, -0.2) is 22.6 Å². The second-order valence-corrected chi connectivity index (χ2v) is 6.34. The average molecular weight is 288 g/mol. The molecule has 0 aromatic carbocycles. The van der Waals surface area contributed by atoms with Gasteiger partial charge in [0.15, 0.2) is 0 Å². The van der Waals surface area contributed by atoms with Crippen LogP contribution in [0.15, 0.2) is 28.9 Å². The zero-order valence-corrected chi connectivity index (χ0v) is 13.5. The monoisotopic (exact) mass is 288 g/mol. The van der Waals surface area contributed by atoms with Crippen molar-refractivity contribution in [3.8, 4) is 0 Å². The second-order valence-electron chi connectivity index (χ2n) is 6.34. The van der Waals surface area contributed by atoms with Gasteiger partial charge in [-0.2, -0.15) is 0 Å². The third kappa shape index (κ3) is 4.86. The van der Waals surface area contributed by atoms with E-state index in [0.29, 0.717) is 13.1 Å². The molecule has 2 rings (SSSR count). The van der Waals surface area contributed by atoms with Crippen LogP contribution in [0.25, 0.3) is 0 Å². The average Bonchev–Trinajstić information content (AvgIpc) is 2.81. The van der Waals surface area contributed by atoms with Gasteiger partial charge in [-0.1, -0.05) is 0 Å². The molecule has 0 aliphatic heterocycles. The summed E-state index contributed by atoms with van der Waals surface area (Å²) in [5.74, 6) is 2.69. The summed E-state index contributed by atoms with van der Waals surface area (Å²) in [6.45, 7) is 9.74. The quantitative estimate of drug-likeness (QED) is 0.917. The smallest absolute Gasteiger partial charge is 0.147 e. The van der Waals surface area contributed by atoms with Crippen LogP contribution in [0.2, 0.25) is 0 Å². The van der Waals surface area contributed by atoms with Gasteiger partial charge in [-0.05, 0) is 39.8 Å². The Kier molecular flexibility index (Phi) is 4.63. The third-order valence-corrected chi connectivity index (χ3v) is 3.05. The van der Waals surface area contributed by atoms with Gasteiger partial charge in [0.25, 0.3) is 0 Å². The van der Waals surface area contributed by atoms with E-state index in [4.69, 9.17) is 4.42 Å². The van der Waals surface area contributed by atoms with Gasteiger partial charge < -0.3 is 14.6 Å². The van der Waals surface area contributed by atoms with Crippen LogP contribution in [0, 0.1) is 6.92 Å². The number of aryl methyl sites for hydroxylation is 1. The molecular formula is C16H24N4O. The van der Waals surface area contributed by atoms with Gasteiger partial charge in [-0.25, -0.2) is 4.98 Å². The maximum atomic E-state index is 5.60. The van der Waals surface area contributed by atoms with Crippen molar-refractivity contribution in [2.75, 3.05) is 11.9 Å². The van der Waals surface area contributed by atoms with E-state index in [0.717, 1.165) is 23.0 Å². The first-order valence-corrected chi connectivity index (χ1v) is 7.16. The Morgan fingerprint density at radius 1 is 1.24 bits per heavy atom. The van der Waals surface area contributed by atoms with Crippen LogP contribution >= 0.6 is 0 Å². The lowest BCUT2D eigenvalue weighted by molar-refractivity contribution is 0.421. The number of rotatable bonds is 5. The van der Waals surface area contributed by atoms with Gasteiger partial charge in [-0.3, -0.25) is 4.98 Å². The maximum absolute atomic E-state index is 5.60. The first kappa shape index (κ1) is 15.5. The Labute approximate surface area is 126 Å². The van der Waals surface area contributed by atoms with Crippen molar-refractivity contribution in [3.05, 3.63) is 41.7 Å². The number of hydrogen-bond acceptors (Lipinski definition) is 5. The fourth-order valence-electron chi connectivity index (χ4n) is 1.90. The highest BCUT2D eigenvalue weighted by atomic mass is 16.3. The predicted octanol–water partition coefficient (Wildman–Crippen LogP) is 2.90. The summed E-state index contributed by atoms with van der Waals surface area (Å²) in [5.41, 5.74) is 1.000. The lowest BCUT2D eigenvalue weighted by Gasteiger charge is -2.21. The SMILES string of the molecule is Cc1ccc(CN(C)c2cncc(CNC(C)(C)C)n2)o1. The highest BCUT2D eigenvalue weighted by Crippen LogP contribution is 2.14. The molecule has 0 aliphatic carbocycles. The minimum atomic E-state index is 0.0648. The van der Waals surface area contributed by atoms with E-state index in [-0.39, 0.29) is 5.54 Å². The molecule has 0 unspecified atom stereocenters. The first-order valence-electron chi connectivity index (χ1n) is 7.16. The van der Waals surface area contributed by atoms with Crippen molar-refractivity contribution in [2.45, 2.75) is 46.3 Å². The molecular weight excluding hydrogens is 264 g/mol. The highest BCUT2D eigenvalue weighted by molar-refractivity contribution is 5.35. The summed E-state index contributed by atoms with van der Waals surface area (Å²) in [6, 6.07) is 3.96. The third-order valence-electron chi connectivity index (χ3n) is 3.05. The molecule has 5 heteroatoms. The van der Waals surface area contributed by atoms with Gasteiger partial charge in [0.1, 0.15) is 17.3 Å². The zero-order chi connectivity index (χ0) is 15.5. The minimum absolute atomic E-state index is 0.0648. The second kappa shape index (κ2) is 6.26. The van der Waals surface area contributed by atoms with Crippen LogP contribution in [0.5, 0.6) is 0 Å². The summed E-state index contributed by atoms with van der Waals surface area (Å²) in [4.78, 5) is 10.9. The topological polar surface area (TPSA) is 54.2 Å². The lowest BCUT2D eigenvalue weighted by Crippen LogP contribution is -2.35. The zero-order valence-electron chi connectivity index (χ0n) is 13.5. The fourth-order valence-corrected chi connectivity index (χ4v) is 1.90. The molecule has 0 fully saturated rings. The number of aromatic nitrogens is 2. The van der Waals surface area contributed by atoms with E-state index >= 15 is 0 Å². The first-order chi connectivity index (χ1) is 9.83. The number of nitrogens with zero attached hydrogens (tertiary/aromatic N) is 3. The van der Waals surface area contributed by atoms with E-state index in [1.54, 1.807) is 12.4 Å². The van der Waals surface area contributed by atoms with Crippen LogP contribution < -0.4 is 10.2 Å². The molecule has 0 amide bonds. The molecule has 5 nitrogen and oxygen atoms in total. The molecule has 0 saturated carbocycles. The Hall–Kier alpha value is -1.88. The van der Waals surface area contributed by atoms with E-state index in [9.17, 15) is 0 Å². The Morgan fingerprint density at radius 3 is 2.62 bits per heavy atom. The number of nitrogens with one attached hydrogen (secondary N) is 1. The molecule has 2 heterocycles. The van der Waals surface area contributed by atoms with Crippen molar-refractivity contribution < 1.29 is 4.42 Å². The van der Waals surface area contributed by atoms with Crippen molar-refractivity contribution >= 4 is 5.82 Å². The highest BCUT2D eigenvalue weighted by Gasteiger charge is 2.11. The summed E-state index contributed by atoms with van der Waals surface area (Å²) in [6.07, 6.45) is 3.57. The van der Waals surface area contributed by atoms with Gasteiger partial charge >= 0.3 is 0 Å². The van der Waals surface area contributed by atoms with Crippen molar-refractivity contribution in [2.24, 2.45) is 0 Å². The summed E-state index contributed by atoms with van der Waals surface area (Å²) < 4.78 is 5.60. The summed E-state index contributed by atoms with van der Waals surface area (Å²) >= 11 is 0. The molecule has 0 bridgehead atoms. The summed E-state index contributed by atoms with van der Waals surface area (Å²) in [5, 5.41) is 3.42. The Bertz CT molecular complexity index is 586. The van der Waals surface area contributed by atoms with Gasteiger partial charge in [0.05, 0.1) is 18.4 Å². The van der Waals surface area contributed by atoms with Crippen molar-refractivity contribution in [3.63, 3.8) is 0 Å². The molecule has 0 atom stereocenters. The standard InChI is InChI=1S/C16H24N4O/c1-12-6-7-14(21-12)11-20(5)15-10-17-8-13(19-15)9-18-16(2,3)4/h6-8,10,18H,9,11H2,1-5H3. The fraction of sp³-hybridized carbons (Fsp3) is 0.500. The molecule has 0 saturated heterocycles. The minimum Gasteiger partial charge on any atom is -0.464 e. The van der Waals surface area contributed by atoms with E-state index in [2.05, 4.69) is 36.1 Å². The Morgan fingerprint density at radius 2 is 2.00 bits per heavy atom. The van der Waals surface area contributed by atoms with Crippen molar-refractivity contribution in [1.29, 1.82) is 0 Å². The normalized spacial score (nSPS) is 11.7.